The smallest absolute Gasteiger partial charge is 0.243 e. The van der Waals surface area contributed by atoms with Gasteiger partial charge in [-0.15, -0.1) is 0 Å². The van der Waals surface area contributed by atoms with Gasteiger partial charge in [0.1, 0.15) is 4.90 Å². The first-order valence-electron chi connectivity index (χ1n) is 6.40. The zero-order valence-corrected chi connectivity index (χ0v) is 12.0. The minimum atomic E-state index is -3.47. The molecule has 0 bridgehead atoms. The van der Waals surface area contributed by atoms with E-state index in [1.54, 1.807) is 4.68 Å². The predicted molar refractivity (Wildman–Crippen MR) is 72.2 cm³/mol. The SMILES string of the molecule is CCOCCCNS(=O)(=O)c1cnn(CCCN)c1. The molecule has 0 radical (unpaired) electrons. The first kappa shape index (κ1) is 16.1. The Morgan fingerprint density at radius 2 is 2.26 bits per heavy atom. The molecule has 0 saturated carbocycles. The minimum absolute atomic E-state index is 0.181. The lowest BCUT2D eigenvalue weighted by Crippen LogP contribution is -2.25. The van der Waals surface area contributed by atoms with Gasteiger partial charge in [-0.3, -0.25) is 4.68 Å². The first-order chi connectivity index (χ1) is 9.10. The Bertz CT molecular complexity index is 458. The van der Waals surface area contributed by atoms with E-state index in [0.717, 1.165) is 6.42 Å². The molecule has 0 amide bonds. The summed E-state index contributed by atoms with van der Waals surface area (Å²) in [5.74, 6) is 0. The van der Waals surface area contributed by atoms with Crippen molar-refractivity contribution < 1.29 is 13.2 Å². The number of nitrogens with one attached hydrogen (secondary N) is 1. The average Bonchev–Trinajstić information content (AvgIpc) is 2.85. The molecule has 3 N–H and O–H groups in total. The van der Waals surface area contributed by atoms with Gasteiger partial charge in [-0.05, 0) is 26.3 Å². The zero-order valence-electron chi connectivity index (χ0n) is 11.2. The van der Waals surface area contributed by atoms with Gasteiger partial charge in [0.05, 0.1) is 6.20 Å². The van der Waals surface area contributed by atoms with Crippen LogP contribution < -0.4 is 10.5 Å². The monoisotopic (exact) mass is 290 g/mol. The number of nitrogens with two attached hydrogens (primary N) is 1. The molecule has 0 fully saturated rings. The summed E-state index contributed by atoms with van der Waals surface area (Å²) >= 11 is 0. The first-order valence-corrected chi connectivity index (χ1v) is 7.88. The lowest BCUT2D eigenvalue weighted by Gasteiger charge is -2.04. The molecular formula is C11H22N4O3S. The highest BCUT2D eigenvalue weighted by atomic mass is 32.2. The Morgan fingerprint density at radius 1 is 1.47 bits per heavy atom. The van der Waals surface area contributed by atoms with Gasteiger partial charge in [0.2, 0.25) is 10.0 Å². The number of ether oxygens (including phenoxy) is 1. The Morgan fingerprint density at radius 3 is 2.95 bits per heavy atom. The van der Waals surface area contributed by atoms with E-state index in [9.17, 15) is 8.42 Å². The number of sulfonamides is 1. The van der Waals surface area contributed by atoms with Gasteiger partial charge in [0.15, 0.2) is 0 Å². The van der Waals surface area contributed by atoms with E-state index in [4.69, 9.17) is 10.5 Å². The van der Waals surface area contributed by atoms with Crippen molar-refractivity contribution in [2.45, 2.75) is 31.2 Å². The molecule has 7 nitrogen and oxygen atoms in total. The van der Waals surface area contributed by atoms with Gasteiger partial charge >= 0.3 is 0 Å². The summed E-state index contributed by atoms with van der Waals surface area (Å²) in [6, 6.07) is 0. The quantitative estimate of drug-likeness (QED) is 0.588. The van der Waals surface area contributed by atoms with Crippen LogP contribution in [0.2, 0.25) is 0 Å². The van der Waals surface area contributed by atoms with Crippen molar-refractivity contribution in [3.05, 3.63) is 12.4 Å². The van der Waals surface area contributed by atoms with Gasteiger partial charge in [-0.2, -0.15) is 5.10 Å². The highest BCUT2D eigenvalue weighted by Gasteiger charge is 2.15. The Kier molecular flexibility index (Phi) is 7.00. The molecule has 0 unspecified atom stereocenters. The number of aryl methyl sites for hydroxylation is 1. The largest absolute Gasteiger partial charge is 0.382 e. The molecule has 0 aliphatic heterocycles. The summed E-state index contributed by atoms with van der Waals surface area (Å²) in [5.41, 5.74) is 5.39. The van der Waals surface area contributed by atoms with Crippen LogP contribution >= 0.6 is 0 Å². The van der Waals surface area contributed by atoms with Crippen LogP contribution in [0.15, 0.2) is 17.3 Å². The van der Waals surface area contributed by atoms with E-state index in [-0.39, 0.29) is 4.90 Å². The molecule has 0 aromatic carbocycles. The van der Waals surface area contributed by atoms with Crippen LogP contribution in [0.3, 0.4) is 0 Å². The molecule has 1 rings (SSSR count). The average molecular weight is 290 g/mol. The zero-order chi connectivity index (χ0) is 14.1. The van der Waals surface area contributed by atoms with Crippen LogP contribution in [0, 0.1) is 0 Å². The molecule has 8 heteroatoms. The molecule has 1 aromatic heterocycles. The fraction of sp³-hybridized carbons (Fsp3) is 0.727. The number of rotatable bonds is 10. The molecular weight excluding hydrogens is 268 g/mol. The summed E-state index contributed by atoms with van der Waals surface area (Å²) in [7, 11) is -3.47. The van der Waals surface area contributed by atoms with Crippen LogP contribution in [0.4, 0.5) is 0 Å². The Balaban J connectivity index is 2.45. The van der Waals surface area contributed by atoms with Gasteiger partial charge in [-0.1, -0.05) is 0 Å². The van der Waals surface area contributed by atoms with Crippen molar-refractivity contribution in [2.75, 3.05) is 26.3 Å². The predicted octanol–water partition coefficient (Wildman–Crippen LogP) is -0.0632. The van der Waals surface area contributed by atoms with E-state index in [0.29, 0.717) is 39.3 Å². The van der Waals surface area contributed by atoms with Gasteiger partial charge < -0.3 is 10.5 Å². The minimum Gasteiger partial charge on any atom is -0.382 e. The Hall–Kier alpha value is -0.960. The lowest BCUT2D eigenvalue weighted by atomic mass is 10.4. The lowest BCUT2D eigenvalue weighted by molar-refractivity contribution is 0.146. The molecule has 0 aliphatic carbocycles. The number of hydrogen-bond donors (Lipinski definition) is 2. The second-order valence-corrected chi connectivity index (χ2v) is 5.80. The van der Waals surface area contributed by atoms with Gasteiger partial charge in [-0.25, -0.2) is 13.1 Å². The molecule has 0 spiro atoms. The molecule has 1 heterocycles. The summed E-state index contributed by atoms with van der Waals surface area (Å²) in [6.07, 6.45) is 4.28. The van der Waals surface area contributed by atoms with Crippen LogP contribution in [-0.4, -0.2) is 44.5 Å². The fourth-order valence-corrected chi connectivity index (χ4v) is 2.49. The van der Waals surface area contributed by atoms with Crippen molar-refractivity contribution in [1.82, 2.24) is 14.5 Å². The number of nitrogens with zero attached hydrogens (tertiary/aromatic N) is 2. The van der Waals surface area contributed by atoms with Crippen molar-refractivity contribution in [2.24, 2.45) is 5.73 Å². The maximum atomic E-state index is 11.9. The van der Waals surface area contributed by atoms with Crippen molar-refractivity contribution >= 4 is 10.0 Å². The second kappa shape index (κ2) is 8.26. The standard InChI is InChI=1S/C11H22N4O3S/c1-2-18-8-4-6-14-19(16,17)11-9-13-15(10-11)7-3-5-12/h9-10,14H,2-8,12H2,1H3. The third-order valence-corrected chi connectivity index (χ3v) is 3.89. The van der Waals surface area contributed by atoms with Crippen LogP contribution in [0.5, 0.6) is 0 Å². The highest BCUT2D eigenvalue weighted by molar-refractivity contribution is 7.89. The van der Waals surface area contributed by atoms with E-state index in [1.165, 1.54) is 12.4 Å². The second-order valence-electron chi connectivity index (χ2n) is 4.03. The van der Waals surface area contributed by atoms with Crippen LogP contribution in [0.25, 0.3) is 0 Å². The van der Waals surface area contributed by atoms with E-state index >= 15 is 0 Å². The van der Waals surface area contributed by atoms with Gasteiger partial charge in [0, 0.05) is 32.5 Å². The topological polar surface area (TPSA) is 99.2 Å². The molecule has 0 aliphatic rings. The molecule has 0 atom stereocenters. The van der Waals surface area contributed by atoms with Crippen molar-refractivity contribution in [3.8, 4) is 0 Å². The summed E-state index contributed by atoms with van der Waals surface area (Å²) < 4.78 is 33.1. The normalized spacial score (nSPS) is 11.9. The summed E-state index contributed by atoms with van der Waals surface area (Å²) in [5, 5.41) is 3.99. The van der Waals surface area contributed by atoms with Crippen molar-refractivity contribution in [3.63, 3.8) is 0 Å². The Labute approximate surface area is 114 Å². The molecule has 110 valence electrons. The summed E-state index contributed by atoms with van der Waals surface area (Å²) in [4.78, 5) is 0.181. The highest BCUT2D eigenvalue weighted by Crippen LogP contribution is 2.07. The third-order valence-electron chi connectivity index (χ3n) is 2.47. The van der Waals surface area contributed by atoms with Crippen LogP contribution in [-0.2, 0) is 21.3 Å². The third kappa shape index (κ3) is 5.68. The number of aromatic nitrogens is 2. The molecule has 1 aromatic rings. The molecule has 0 saturated heterocycles. The van der Waals surface area contributed by atoms with E-state index < -0.39 is 10.0 Å². The summed E-state index contributed by atoms with van der Waals surface area (Å²) in [6.45, 7) is 4.62. The van der Waals surface area contributed by atoms with E-state index in [1.807, 2.05) is 6.92 Å². The molecule has 19 heavy (non-hydrogen) atoms. The fourth-order valence-electron chi connectivity index (χ4n) is 1.47. The van der Waals surface area contributed by atoms with Crippen LogP contribution in [0.1, 0.15) is 19.8 Å². The van der Waals surface area contributed by atoms with Crippen molar-refractivity contribution in [1.29, 1.82) is 0 Å². The van der Waals surface area contributed by atoms with E-state index in [2.05, 4.69) is 9.82 Å². The number of hydrogen-bond acceptors (Lipinski definition) is 5. The maximum Gasteiger partial charge on any atom is 0.243 e. The van der Waals surface area contributed by atoms with Gasteiger partial charge in [0.25, 0.3) is 0 Å². The maximum absolute atomic E-state index is 11.9.